The Hall–Kier alpha value is -2.18. The smallest absolute Gasteiger partial charge is 0.387 e. The van der Waals surface area contributed by atoms with Gasteiger partial charge in [-0.3, -0.25) is 9.69 Å². The van der Waals surface area contributed by atoms with Crippen molar-refractivity contribution >= 4 is 11.9 Å². The Bertz CT molecular complexity index is 804. The number of hydrogen-bond donors (Lipinski definition) is 1. The summed E-state index contributed by atoms with van der Waals surface area (Å²) in [7, 11) is 1.66. The number of halogens is 2. The van der Waals surface area contributed by atoms with Gasteiger partial charge in [-0.2, -0.15) is 8.78 Å². The number of hydrogen-bond acceptors (Lipinski definition) is 4. The quantitative estimate of drug-likeness (QED) is 0.781. The highest BCUT2D eigenvalue weighted by molar-refractivity contribution is 6.07. The van der Waals surface area contributed by atoms with Crippen molar-refractivity contribution in [3.63, 3.8) is 0 Å². The predicted molar refractivity (Wildman–Crippen MR) is 111 cm³/mol. The Morgan fingerprint density at radius 2 is 1.57 bits per heavy atom. The van der Waals surface area contributed by atoms with E-state index in [0.29, 0.717) is 17.8 Å². The van der Waals surface area contributed by atoms with E-state index in [0.717, 1.165) is 24.8 Å². The van der Waals surface area contributed by atoms with Crippen molar-refractivity contribution in [1.29, 1.82) is 0 Å². The van der Waals surface area contributed by atoms with E-state index in [4.69, 9.17) is 10.7 Å². The Labute approximate surface area is 176 Å². The molecule has 5 nitrogen and oxygen atoms in total. The maximum Gasteiger partial charge on any atom is 0.387 e. The molecule has 1 unspecified atom stereocenters. The summed E-state index contributed by atoms with van der Waals surface area (Å²) in [6.07, 6.45) is 6.68. The largest absolute Gasteiger partial charge is 0.435 e. The van der Waals surface area contributed by atoms with Gasteiger partial charge in [0.25, 0.3) is 5.91 Å². The SMILES string of the molecule is CC.CN1C(=O)C(c2ccc(OC(F)F)cc2)(C23CC4CC(CC(C4)C2)C3)N=C1N. The van der Waals surface area contributed by atoms with Gasteiger partial charge in [-0.05, 0) is 74.0 Å². The Morgan fingerprint density at radius 3 is 1.97 bits per heavy atom. The van der Waals surface area contributed by atoms with Gasteiger partial charge in [0.2, 0.25) is 0 Å². The van der Waals surface area contributed by atoms with Crippen LogP contribution in [0.4, 0.5) is 8.78 Å². The van der Waals surface area contributed by atoms with Gasteiger partial charge in [-0.25, -0.2) is 4.99 Å². The second-order valence-electron chi connectivity index (χ2n) is 9.15. The van der Waals surface area contributed by atoms with Crippen molar-refractivity contribution in [3.8, 4) is 5.75 Å². The second-order valence-corrected chi connectivity index (χ2v) is 9.15. The highest BCUT2D eigenvalue weighted by atomic mass is 19.3. The fraction of sp³-hybridized carbons (Fsp3) is 0.652. The monoisotopic (exact) mass is 419 g/mol. The Kier molecular flexibility index (Phi) is 5.27. The van der Waals surface area contributed by atoms with E-state index >= 15 is 0 Å². The van der Waals surface area contributed by atoms with Crippen molar-refractivity contribution in [2.45, 2.75) is 64.5 Å². The molecule has 0 aromatic heterocycles. The molecule has 4 bridgehead atoms. The number of amides is 1. The third-order valence-electron chi connectivity index (χ3n) is 7.54. The topological polar surface area (TPSA) is 67.9 Å². The number of alkyl halides is 2. The zero-order chi connectivity index (χ0) is 21.7. The summed E-state index contributed by atoms with van der Waals surface area (Å²) in [4.78, 5) is 19.9. The van der Waals surface area contributed by atoms with Crippen molar-refractivity contribution in [1.82, 2.24) is 4.90 Å². The molecule has 5 aliphatic rings. The van der Waals surface area contributed by atoms with E-state index in [1.54, 1.807) is 19.2 Å². The average Bonchev–Trinajstić information content (AvgIpc) is 2.94. The molecule has 7 heteroatoms. The molecule has 1 amide bonds. The molecule has 1 aromatic carbocycles. The minimum Gasteiger partial charge on any atom is -0.435 e. The van der Waals surface area contributed by atoms with Gasteiger partial charge in [0.15, 0.2) is 11.5 Å². The fourth-order valence-corrected chi connectivity index (χ4v) is 6.91. The molecule has 0 spiro atoms. The number of nitrogens with two attached hydrogens (primary N) is 1. The van der Waals surface area contributed by atoms with Gasteiger partial charge in [0.1, 0.15) is 5.75 Å². The van der Waals surface area contributed by atoms with E-state index in [9.17, 15) is 13.6 Å². The van der Waals surface area contributed by atoms with Crippen molar-refractivity contribution in [2.24, 2.45) is 33.9 Å². The first kappa shape index (κ1) is 21.1. The van der Waals surface area contributed by atoms with Crippen LogP contribution in [0.3, 0.4) is 0 Å². The molecule has 0 saturated heterocycles. The molecule has 1 atom stereocenters. The molecular formula is C23H31F2N3O2. The number of carbonyl (C=O) groups excluding carboxylic acids is 1. The molecule has 1 heterocycles. The molecule has 2 N–H and O–H groups in total. The Morgan fingerprint density at radius 1 is 1.07 bits per heavy atom. The van der Waals surface area contributed by atoms with Crippen LogP contribution < -0.4 is 10.5 Å². The lowest BCUT2D eigenvalue weighted by Gasteiger charge is -2.61. The number of likely N-dealkylation sites (N-methyl/N-ethyl adjacent to an activating group) is 1. The first-order valence-electron chi connectivity index (χ1n) is 11.0. The minimum atomic E-state index is -2.88. The van der Waals surface area contributed by atoms with E-state index in [-0.39, 0.29) is 23.0 Å². The molecule has 164 valence electrons. The molecule has 0 radical (unpaired) electrons. The predicted octanol–water partition coefficient (Wildman–Crippen LogP) is 4.51. The lowest BCUT2D eigenvalue weighted by Crippen LogP contribution is -2.59. The summed E-state index contributed by atoms with van der Waals surface area (Å²) in [6, 6.07) is 6.43. The molecule has 1 aliphatic heterocycles. The van der Waals surface area contributed by atoms with Crippen LogP contribution in [0, 0.1) is 23.2 Å². The van der Waals surface area contributed by atoms with Crippen molar-refractivity contribution < 1.29 is 18.3 Å². The van der Waals surface area contributed by atoms with E-state index in [2.05, 4.69) is 4.74 Å². The Balaban J connectivity index is 0.00000106. The normalized spacial score (nSPS) is 36.6. The molecular weight excluding hydrogens is 388 g/mol. The number of aliphatic imine (C=N–C) groups is 1. The number of ether oxygens (including phenoxy) is 1. The molecule has 4 fully saturated rings. The zero-order valence-corrected chi connectivity index (χ0v) is 17.9. The van der Waals surface area contributed by atoms with Gasteiger partial charge in [-0.1, -0.05) is 26.0 Å². The maximum absolute atomic E-state index is 13.6. The summed E-state index contributed by atoms with van der Waals surface area (Å²) in [5.74, 6) is 2.12. The van der Waals surface area contributed by atoms with Gasteiger partial charge in [0.05, 0.1) is 0 Å². The highest BCUT2D eigenvalue weighted by Crippen LogP contribution is 2.67. The minimum absolute atomic E-state index is 0.0789. The standard InChI is InChI=1S/C21H25F2N3O2.C2H6/c1-26-17(27)21(25-19(26)24,15-2-4-16(5-3-15)28-18(22)23)20-9-12-6-13(10-20)8-14(7-12)11-20;1-2/h2-5,12-14,18H,6-11H2,1H3,(H2,24,25);1-2H3. The van der Waals surface area contributed by atoms with Crippen LogP contribution in [0.25, 0.3) is 0 Å². The van der Waals surface area contributed by atoms with Crippen LogP contribution in [0.2, 0.25) is 0 Å². The number of nitrogens with zero attached hydrogens (tertiary/aromatic N) is 2. The van der Waals surface area contributed by atoms with Crippen LogP contribution >= 0.6 is 0 Å². The third kappa shape index (κ3) is 3.00. The van der Waals surface area contributed by atoms with E-state index in [1.807, 2.05) is 13.8 Å². The molecule has 30 heavy (non-hydrogen) atoms. The second kappa shape index (κ2) is 7.50. The fourth-order valence-electron chi connectivity index (χ4n) is 6.91. The van der Waals surface area contributed by atoms with Crippen molar-refractivity contribution in [2.75, 3.05) is 7.05 Å². The first-order chi connectivity index (χ1) is 14.3. The highest BCUT2D eigenvalue weighted by Gasteiger charge is 2.67. The maximum atomic E-state index is 13.6. The van der Waals surface area contributed by atoms with Gasteiger partial charge < -0.3 is 10.5 Å². The molecule has 4 aliphatic carbocycles. The van der Waals surface area contributed by atoms with Crippen LogP contribution in [0.5, 0.6) is 5.75 Å². The number of carbonyl (C=O) groups is 1. The van der Waals surface area contributed by atoms with Crippen molar-refractivity contribution in [3.05, 3.63) is 29.8 Å². The third-order valence-corrected chi connectivity index (χ3v) is 7.54. The average molecular weight is 420 g/mol. The van der Waals surface area contributed by atoms with Crippen LogP contribution in [0.15, 0.2) is 29.3 Å². The summed E-state index contributed by atoms with van der Waals surface area (Å²) in [5.41, 5.74) is 5.54. The van der Waals surface area contributed by atoms with Gasteiger partial charge in [0, 0.05) is 12.5 Å². The van der Waals surface area contributed by atoms with Crippen LogP contribution in [0.1, 0.15) is 57.9 Å². The first-order valence-corrected chi connectivity index (χ1v) is 11.0. The summed E-state index contributed by atoms with van der Waals surface area (Å²) >= 11 is 0. The summed E-state index contributed by atoms with van der Waals surface area (Å²) < 4.78 is 29.6. The lowest BCUT2D eigenvalue weighted by atomic mass is 9.43. The summed E-state index contributed by atoms with van der Waals surface area (Å²) in [5, 5.41) is 0. The molecule has 6 rings (SSSR count). The van der Waals surface area contributed by atoms with Gasteiger partial charge >= 0.3 is 6.61 Å². The summed E-state index contributed by atoms with van der Waals surface area (Å²) in [6.45, 7) is 1.12. The van der Waals surface area contributed by atoms with Crippen LogP contribution in [-0.4, -0.2) is 30.4 Å². The number of guanidine groups is 1. The zero-order valence-electron chi connectivity index (χ0n) is 17.9. The van der Waals surface area contributed by atoms with E-state index in [1.165, 1.54) is 36.3 Å². The van der Waals surface area contributed by atoms with Gasteiger partial charge in [-0.15, -0.1) is 0 Å². The number of benzene rings is 1. The van der Waals surface area contributed by atoms with Crippen LogP contribution in [-0.2, 0) is 10.3 Å². The lowest BCUT2D eigenvalue weighted by molar-refractivity contribution is -0.149. The molecule has 4 saturated carbocycles. The molecule has 1 aromatic rings. The van der Waals surface area contributed by atoms with E-state index < -0.39 is 12.2 Å². The number of rotatable bonds is 4.